The van der Waals surface area contributed by atoms with Gasteiger partial charge in [0.25, 0.3) is 0 Å². The lowest BCUT2D eigenvalue weighted by Gasteiger charge is -2.16. The van der Waals surface area contributed by atoms with E-state index in [2.05, 4.69) is 9.55 Å². The SMILES string of the molecule is COCC(Cn1c(CCl)nc2ccccc21)OC. The number of nitrogens with zero attached hydrogens (tertiary/aromatic N) is 2. The fourth-order valence-electron chi connectivity index (χ4n) is 2.02. The minimum Gasteiger partial charge on any atom is -0.382 e. The molecule has 98 valence electrons. The van der Waals surface area contributed by atoms with Gasteiger partial charge in [-0.15, -0.1) is 11.6 Å². The first-order valence-electron chi connectivity index (χ1n) is 5.82. The lowest BCUT2D eigenvalue weighted by atomic mass is 10.3. The molecule has 1 aromatic heterocycles. The van der Waals surface area contributed by atoms with Crippen LogP contribution in [0.4, 0.5) is 0 Å². The van der Waals surface area contributed by atoms with Crippen LogP contribution < -0.4 is 0 Å². The molecule has 0 radical (unpaired) electrons. The number of aromatic nitrogens is 2. The molecule has 0 saturated heterocycles. The molecule has 1 heterocycles. The largest absolute Gasteiger partial charge is 0.382 e. The summed E-state index contributed by atoms with van der Waals surface area (Å²) < 4.78 is 12.6. The van der Waals surface area contributed by atoms with E-state index in [-0.39, 0.29) is 6.10 Å². The van der Waals surface area contributed by atoms with Crippen molar-refractivity contribution >= 4 is 22.6 Å². The van der Waals surface area contributed by atoms with Crippen LogP contribution in [0, 0.1) is 0 Å². The zero-order valence-corrected chi connectivity index (χ0v) is 11.4. The second-order valence-corrected chi connectivity index (χ2v) is 4.34. The van der Waals surface area contributed by atoms with Gasteiger partial charge < -0.3 is 14.0 Å². The van der Waals surface area contributed by atoms with Crippen LogP contribution in [-0.4, -0.2) is 36.5 Å². The number of imidazole rings is 1. The summed E-state index contributed by atoms with van der Waals surface area (Å²) in [6.45, 7) is 1.23. The molecule has 0 spiro atoms. The molecule has 0 N–H and O–H groups in total. The third-order valence-electron chi connectivity index (χ3n) is 2.93. The van der Waals surface area contributed by atoms with Gasteiger partial charge in [0, 0.05) is 14.2 Å². The Bertz CT molecular complexity index is 513. The van der Waals surface area contributed by atoms with E-state index in [1.54, 1.807) is 14.2 Å². The van der Waals surface area contributed by atoms with Crippen molar-refractivity contribution in [3.8, 4) is 0 Å². The molecule has 1 unspecified atom stereocenters. The maximum atomic E-state index is 5.95. The number of para-hydroxylation sites is 2. The molecule has 1 aromatic carbocycles. The summed E-state index contributed by atoms with van der Waals surface area (Å²) in [5, 5.41) is 0. The standard InChI is InChI=1S/C13H17ClN2O2/c1-17-9-10(18-2)8-16-12-6-4-3-5-11(12)15-13(16)7-14/h3-6,10H,7-9H2,1-2H3. The van der Waals surface area contributed by atoms with E-state index in [1.165, 1.54) is 0 Å². The predicted molar refractivity (Wildman–Crippen MR) is 72.0 cm³/mol. The summed E-state index contributed by atoms with van der Waals surface area (Å²) in [5.74, 6) is 1.24. The molecule has 2 aromatic rings. The second kappa shape index (κ2) is 6.18. The monoisotopic (exact) mass is 268 g/mol. The smallest absolute Gasteiger partial charge is 0.124 e. The number of halogens is 1. The number of hydrogen-bond acceptors (Lipinski definition) is 3. The number of hydrogen-bond donors (Lipinski definition) is 0. The summed E-state index contributed by atoms with van der Waals surface area (Å²) in [6.07, 6.45) is -0.00503. The molecule has 4 nitrogen and oxygen atoms in total. The Labute approximate surface area is 111 Å². The van der Waals surface area contributed by atoms with Crippen molar-refractivity contribution in [2.75, 3.05) is 20.8 Å². The number of ether oxygens (including phenoxy) is 2. The van der Waals surface area contributed by atoms with Gasteiger partial charge in [0.15, 0.2) is 0 Å². The van der Waals surface area contributed by atoms with Crippen LogP contribution in [0.15, 0.2) is 24.3 Å². The first-order valence-corrected chi connectivity index (χ1v) is 6.35. The summed E-state index contributed by atoms with van der Waals surface area (Å²) in [7, 11) is 3.35. The lowest BCUT2D eigenvalue weighted by molar-refractivity contribution is 0.0186. The summed E-state index contributed by atoms with van der Waals surface area (Å²) in [4.78, 5) is 4.51. The first-order chi connectivity index (χ1) is 8.80. The molecule has 0 aliphatic rings. The third kappa shape index (κ3) is 2.66. The Hall–Kier alpha value is -1.10. The van der Waals surface area contributed by atoms with Crippen LogP contribution in [0.2, 0.25) is 0 Å². The van der Waals surface area contributed by atoms with Gasteiger partial charge in [-0.05, 0) is 12.1 Å². The van der Waals surface area contributed by atoms with Crippen molar-refractivity contribution in [2.45, 2.75) is 18.5 Å². The highest BCUT2D eigenvalue weighted by atomic mass is 35.5. The van der Waals surface area contributed by atoms with Crippen molar-refractivity contribution in [1.29, 1.82) is 0 Å². The van der Waals surface area contributed by atoms with E-state index >= 15 is 0 Å². The summed E-state index contributed by atoms with van der Waals surface area (Å²) >= 11 is 5.95. The van der Waals surface area contributed by atoms with Gasteiger partial charge in [-0.25, -0.2) is 4.98 Å². The highest BCUT2D eigenvalue weighted by Crippen LogP contribution is 2.18. The number of methoxy groups -OCH3 is 2. The molecule has 2 rings (SSSR count). The first kappa shape index (κ1) is 13.3. The molecule has 0 saturated carbocycles. The lowest BCUT2D eigenvalue weighted by Crippen LogP contribution is -2.24. The van der Waals surface area contributed by atoms with Gasteiger partial charge in [-0.2, -0.15) is 0 Å². The summed E-state index contributed by atoms with van der Waals surface area (Å²) in [6, 6.07) is 8.00. The van der Waals surface area contributed by atoms with Crippen LogP contribution in [0.3, 0.4) is 0 Å². The van der Waals surface area contributed by atoms with Gasteiger partial charge >= 0.3 is 0 Å². The van der Waals surface area contributed by atoms with Crippen molar-refractivity contribution < 1.29 is 9.47 Å². The van der Waals surface area contributed by atoms with Gasteiger partial charge in [0.2, 0.25) is 0 Å². The Balaban J connectivity index is 2.35. The number of alkyl halides is 1. The molecular weight excluding hydrogens is 252 g/mol. The average molecular weight is 269 g/mol. The van der Waals surface area contributed by atoms with Crippen molar-refractivity contribution in [3.63, 3.8) is 0 Å². The fourth-order valence-corrected chi connectivity index (χ4v) is 2.22. The molecule has 0 aliphatic heterocycles. The zero-order chi connectivity index (χ0) is 13.0. The number of fused-ring (bicyclic) bond motifs is 1. The summed E-state index contributed by atoms with van der Waals surface area (Å²) in [5.41, 5.74) is 2.03. The van der Waals surface area contributed by atoms with Crippen molar-refractivity contribution in [1.82, 2.24) is 9.55 Å². The minimum atomic E-state index is -0.00503. The van der Waals surface area contributed by atoms with E-state index in [9.17, 15) is 0 Å². The van der Waals surface area contributed by atoms with Crippen LogP contribution in [-0.2, 0) is 21.9 Å². The van der Waals surface area contributed by atoms with Crippen LogP contribution in [0.5, 0.6) is 0 Å². The van der Waals surface area contributed by atoms with E-state index < -0.39 is 0 Å². The van der Waals surface area contributed by atoms with Gasteiger partial charge in [0.05, 0.1) is 36.2 Å². The van der Waals surface area contributed by atoms with E-state index in [1.807, 2.05) is 24.3 Å². The van der Waals surface area contributed by atoms with Crippen LogP contribution in [0.1, 0.15) is 5.82 Å². The average Bonchev–Trinajstić information content (AvgIpc) is 2.76. The molecule has 5 heteroatoms. The molecule has 0 bridgehead atoms. The van der Waals surface area contributed by atoms with E-state index in [4.69, 9.17) is 21.1 Å². The van der Waals surface area contributed by atoms with Gasteiger partial charge in [0.1, 0.15) is 5.82 Å². The topological polar surface area (TPSA) is 36.3 Å². The Morgan fingerprint density at radius 3 is 2.78 bits per heavy atom. The highest BCUT2D eigenvalue weighted by Gasteiger charge is 2.14. The van der Waals surface area contributed by atoms with Crippen LogP contribution >= 0.6 is 11.6 Å². The molecule has 1 atom stereocenters. The molecular formula is C13H17ClN2O2. The van der Waals surface area contributed by atoms with E-state index in [0.717, 1.165) is 16.9 Å². The van der Waals surface area contributed by atoms with E-state index in [0.29, 0.717) is 19.0 Å². The number of rotatable bonds is 6. The van der Waals surface area contributed by atoms with Gasteiger partial charge in [-0.3, -0.25) is 0 Å². The van der Waals surface area contributed by atoms with Crippen molar-refractivity contribution in [3.05, 3.63) is 30.1 Å². The minimum absolute atomic E-state index is 0.00503. The Morgan fingerprint density at radius 1 is 1.33 bits per heavy atom. The molecule has 0 fully saturated rings. The Kier molecular flexibility index (Phi) is 4.58. The van der Waals surface area contributed by atoms with Crippen molar-refractivity contribution in [2.24, 2.45) is 0 Å². The number of benzene rings is 1. The maximum absolute atomic E-state index is 5.95. The third-order valence-corrected chi connectivity index (χ3v) is 3.16. The highest BCUT2D eigenvalue weighted by molar-refractivity contribution is 6.16. The Morgan fingerprint density at radius 2 is 2.11 bits per heavy atom. The fraction of sp³-hybridized carbons (Fsp3) is 0.462. The maximum Gasteiger partial charge on any atom is 0.124 e. The van der Waals surface area contributed by atoms with Crippen LogP contribution in [0.25, 0.3) is 11.0 Å². The molecule has 0 amide bonds. The molecule has 18 heavy (non-hydrogen) atoms. The quantitative estimate of drug-likeness (QED) is 0.755. The normalized spacial score (nSPS) is 13.1. The predicted octanol–water partition coefficient (Wildman–Crippen LogP) is 2.44. The molecule has 0 aliphatic carbocycles. The second-order valence-electron chi connectivity index (χ2n) is 4.07. The zero-order valence-electron chi connectivity index (χ0n) is 10.6. The van der Waals surface area contributed by atoms with Gasteiger partial charge in [-0.1, -0.05) is 12.1 Å².